The van der Waals surface area contributed by atoms with Gasteiger partial charge in [-0.3, -0.25) is 10.1 Å². The van der Waals surface area contributed by atoms with Crippen LogP contribution in [0.3, 0.4) is 0 Å². The first-order valence-corrected chi connectivity index (χ1v) is 12.7. The van der Waals surface area contributed by atoms with Gasteiger partial charge in [-0.15, -0.1) is 0 Å². The molecule has 1 unspecified atom stereocenters. The Morgan fingerprint density at radius 1 is 0.886 bits per heavy atom. The second-order valence-corrected chi connectivity index (χ2v) is 9.64. The quantitative estimate of drug-likeness (QED) is 0.342. The first-order valence-electron chi connectivity index (χ1n) is 11.6. The molecule has 0 aromatic heterocycles. The highest BCUT2D eigenvalue weighted by molar-refractivity contribution is 6.42. The maximum Gasteiger partial charge on any atom is 0.226 e. The number of nitrogens with one attached hydrogen (secondary N) is 1. The van der Waals surface area contributed by atoms with Gasteiger partial charge in [0.1, 0.15) is 6.17 Å². The molecule has 0 saturated carbocycles. The van der Waals surface area contributed by atoms with Crippen molar-refractivity contribution in [3.05, 3.63) is 99.0 Å². The van der Waals surface area contributed by atoms with Gasteiger partial charge in [0.2, 0.25) is 5.91 Å². The molecule has 1 aliphatic rings. The van der Waals surface area contributed by atoms with Crippen LogP contribution in [0.4, 0.5) is 5.69 Å². The third-order valence-corrected chi connectivity index (χ3v) is 7.05. The van der Waals surface area contributed by atoms with E-state index in [1.54, 1.807) is 12.1 Å². The van der Waals surface area contributed by atoms with Gasteiger partial charge < -0.3 is 14.5 Å². The fourth-order valence-corrected chi connectivity index (χ4v) is 4.71. The minimum Gasteiger partial charge on any atom is -0.376 e. The number of carbonyl (C=O) groups is 1. The average molecular weight is 533 g/mol. The highest BCUT2D eigenvalue weighted by atomic mass is 35.5. The van der Waals surface area contributed by atoms with Crippen LogP contribution in [0, 0.1) is 0 Å². The van der Waals surface area contributed by atoms with Gasteiger partial charge in [-0.2, -0.15) is 0 Å². The number of piperazine rings is 1. The highest BCUT2D eigenvalue weighted by Crippen LogP contribution is 2.27. The summed E-state index contributed by atoms with van der Waals surface area (Å²) in [6.45, 7) is 3.33. The normalized spacial score (nSPS) is 15.9. The summed E-state index contributed by atoms with van der Waals surface area (Å²) in [5, 5.41) is 5.28. The molecular formula is C27H28Cl3N3O2. The van der Waals surface area contributed by atoms with Crippen LogP contribution in [0.2, 0.25) is 15.1 Å². The topological polar surface area (TPSA) is 44.8 Å². The minimum atomic E-state index is -0.150. The van der Waals surface area contributed by atoms with Gasteiger partial charge >= 0.3 is 0 Å². The predicted molar refractivity (Wildman–Crippen MR) is 143 cm³/mol. The molecule has 4 rings (SSSR count). The van der Waals surface area contributed by atoms with E-state index in [0.29, 0.717) is 60.9 Å². The van der Waals surface area contributed by atoms with E-state index in [2.05, 4.69) is 22.3 Å². The molecule has 1 N–H and O–H groups in total. The molecule has 1 amide bonds. The number of hydrogen-bond donors (Lipinski definition) is 1. The maximum atomic E-state index is 13.2. The molecule has 1 aliphatic heterocycles. The Kier molecular flexibility index (Phi) is 9.30. The number of rotatable bonds is 9. The van der Waals surface area contributed by atoms with Crippen LogP contribution in [0.5, 0.6) is 0 Å². The lowest BCUT2D eigenvalue weighted by Crippen LogP contribution is -2.60. The van der Waals surface area contributed by atoms with Crippen molar-refractivity contribution in [3.63, 3.8) is 0 Å². The van der Waals surface area contributed by atoms with Crippen LogP contribution >= 0.6 is 34.8 Å². The van der Waals surface area contributed by atoms with E-state index in [-0.39, 0.29) is 12.1 Å². The van der Waals surface area contributed by atoms with Gasteiger partial charge in [-0.05, 0) is 35.4 Å². The molecule has 184 valence electrons. The summed E-state index contributed by atoms with van der Waals surface area (Å²) in [6, 6.07) is 23.4. The number of ether oxygens (including phenoxy) is 1. The number of halogens is 3. The van der Waals surface area contributed by atoms with E-state index in [4.69, 9.17) is 39.5 Å². The number of anilines is 1. The molecule has 0 radical (unpaired) electrons. The van der Waals surface area contributed by atoms with E-state index in [0.717, 1.165) is 11.3 Å². The lowest BCUT2D eigenvalue weighted by molar-refractivity contribution is -0.136. The summed E-state index contributed by atoms with van der Waals surface area (Å²) in [5.74, 6) is 0.0588. The van der Waals surface area contributed by atoms with Gasteiger partial charge in [-0.1, -0.05) is 83.3 Å². The summed E-state index contributed by atoms with van der Waals surface area (Å²) in [6.07, 6.45) is 0.152. The van der Waals surface area contributed by atoms with Crippen LogP contribution < -0.4 is 10.2 Å². The van der Waals surface area contributed by atoms with E-state index < -0.39 is 0 Å². The van der Waals surface area contributed by atoms with Crippen molar-refractivity contribution < 1.29 is 9.53 Å². The van der Waals surface area contributed by atoms with Crippen molar-refractivity contribution in [1.29, 1.82) is 0 Å². The predicted octanol–water partition coefficient (Wildman–Crippen LogP) is 6.02. The third kappa shape index (κ3) is 7.12. The minimum absolute atomic E-state index is 0.0588. The summed E-state index contributed by atoms with van der Waals surface area (Å²) in [5.41, 5.74) is 3.07. The number of nitrogens with zero attached hydrogens (tertiary/aromatic N) is 2. The first kappa shape index (κ1) is 25.8. The van der Waals surface area contributed by atoms with Gasteiger partial charge in [-0.25, -0.2) is 0 Å². The second-order valence-electron chi connectivity index (χ2n) is 8.42. The Hall–Kier alpha value is -2.28. The van der Waals surface area contributed by atoms with Crippen LogP contribution in [-0.2, 0) is 22.7 Å². The largest absolute Gasteiger partial charge is 0.376 e. The Morgan fingerprint density at radius 3 is 2.43 bits per heavy atom. The Morgan fingerprint density at radius 2 is 1.66 bits per heavy atom. The van der Waals surface area contributed by atoms with E-state index >= 15 is 0 Å². The number of amides is 1. The molecule has 1 heterocycles. The fourth-order valence-electron chi connectivity index (χ4n) is 4.14. The van der Waals surface area contributed by atoms with E-state index in [1.165, 1.54) is 5.56 Å². The molecule has 5 nitrogen and oxygen atoms in total. The standard InChI is InChI=1S/C27H28Cl3N3O2/c28-22-11-10-21(16-24(22)30)19-35-15-12-27(34)33-14-13-32(25-9-5-4-8-23(25)29)18-26(33)31-17-20-6-2-1-3-7-20/h1-11,16,26,31H,12-15,17-19H2. The molecule has 3 aromatic carbocycles. The monoisotopic (exact) mass is 531 g/mol. The molecule has 0 spiro atoms. The van der Waals surface area contributed by atoms with Gasteiger partial charge in [0.25, 0.3) is 0 Å². The lowest BCUT2D eigenvalue weighted by atomic mass is 10.1. The number of carbonyl (C=O) groups excluding carboxylic acids is 1. The van der Waals surface area contributed by atoms with Crippen LogP contribution in [0.15, 0.2) is 72.8 Å². The van der Waals surface area contributed by atoms with Crippen LogP contribution in [0.25, 0.3) is 0 Å². The van der Waals surface area contributed by atoms with Crippen molar-refractivity contribution >= 4 is 46.4 Å². The van der Waals surface area contributed by atoms with Crippen molar-refractivity contribution in [1.82, 2.24) is 10.2 Å². The first-order chi connectivity index (χ1) is 17.0. The zero-order valence-corrected chi connectivity index (χ0v) is 21.6. The molecule has 8 heteroatoms. The van der Waals surface area contributed by atoms with Crippen LogP contribution in [-0.4, -0.2) is 43.2 Å². The molecule has 0 bridgehead atoms. The molecular weight excluding hydrogens is 505 g/mol. The number of para-hydroxylation sites is 1. The Balaban J connectivity index is 1.36. The summed E-state index contributed by atoms with van der Waals surface area (Å²) < 4.78 is 5.75. The Labute approximate surface area is 221 Å². The number of benzene rings is 3. The highest BCUT2D eigenvalue weighted by Gasteiger charge is 2.30. The zero-order valence-electron chi connectivity index (χ0n) is 19.3. The van der Waals surface area contributed by atoms with Crippen molar-refractivity contribution in [2.24, 2.45) is 0 Å². The molecule has 1 atom stereocenters. The lowest BCUT2D eigenvalue weighted by Gasteiger charge is -2.43. The molecule has 3 aromatic rings. The van der Waals surface area contributed by atoms with Crippen LogP contribution in [0.1, 0.15) is 17.5 Å². The molecule has 0 aliphatic carbocycles. The zero-order chi connectivity index (χ0) is 24.6. The van der Waals surface area contributed by atoms with Gasteiger partial charge in [0, 0.05) is 19.6 Å². The Bertz CT molecular complexity index is 1130. The summed E-state index contributed by atoms with van der Waals surface area (Å²) in [4.78, 5) is 17.3. The smallest absolute Gasteiger partial charge is 0.226 e. The summed E-state index contributed by atoms with van der Waals surface area (Å²) >= 11 is 18.5. The second kappa shape index (κ2) is 12.6. The summed E-state index contributed by atoms with van der Waals surface area (Å²) in [7, 11) is 0. The van der Waals surface area contributed by atoms with Gasteiger partial charge in [0.05, 0.1) is 46.9 Å². The SMILES string of the molecule is O=C(CCOCc1ccc(Cl)c(Cl)c1)N1CCN(c2ccccc2Cl)CC1NCc1ccccc1. The molecule has 1 saturated heterocycles. The van der Waals surface area contributed by atoms with Crippen molar-refractivity contribution in [2.45, 2.75) is 25.7 Å². The molecule has 35 heavy (non-hydrogen) atoms. The van der Waals surface area contributed by atoms with Gasteiger partial charge in [0.15, 0.2) is 0 Å². The fraction of sp³-hybridized carbons (Fsp3) is 0.296. The number of hydrogen-bond acceptors (Lipinski definition) is 4. The maximum absolute atomic E-state index is 13.2. The molecule has 1 fully saturated rings. The third-order valence-electron chi connectivity index (χ3n) is 5.99. The van der Waals surface area contributed by atoms with Crippen molar-refractivity contribution in [2.75, 3.05) is 31.1 Å². The van der Waals surface area contributed by atoms with Crippen molar-refractivity contribution in [3.8, 4) is 0 Å². The average Bonchev–Trinajstić information content (AvgIpc) is 2.88. The van der Waals surface area contributed by atoms with E-state index in [9.17, 15) is 4.79 Å². The van der Waals surface area contributed by atoms with E-state index in [1.807, 2.05) is 53.4 Å².